The summed E-state index contributed by atoms with van der Waals surface area (Å²) in [7, 11) is 1.36. The van der Waals surface area contributed by atoms with Crippen LogP contribution in [0, 0.1) is 11.3 Å². The van der Waals surface area contributed by atoms with Gasteiger partial charge in [-0.15, -0.1) is 0 Å². The molecule has 1 aromatic rings. The van der Waals surface area contributed by atoms with Crippen molar-refractivity contribution in [2.24, 2.45) is 0 Å². The zero-order chi connectivity index (χ0) is 12.6. The van der Waals surface area contributed by atoms with Gasteiger partial charge >= 0.3 is 5.97 Å². The number of benzene rings is 1. The van der Waals surface area contributed by atoms with Gasteiger partial charge < -0.3 is 14.9 Å². The molecule has 2 rings (SSSR count). The first kappa shape index (κ1) is 11.3. The average molecular weight is 233 g/mol. The maximum absolute atomic E-state index is 11.2. The summed E-state index contributed by atoms with van der Waals surface area (Å²) in [5.74, 6) is -1.04. The van der Waals surface area contributed by atoms with E-state index in [0.717, 1.165) is 0 Å². The number of hydrogen-bond acceptors (Lipinski definition) is 4. The van der Waals surface area contributed by atoms with Crippen LogP contribution in [-0.4, -0.2) is 23.3 Å². The Bertz CT molecular complexity index is 526. The maximum atomic E-state index is 11.2. The highest BCUT2D eigenvalue weighted by Crippen LogP contribution is 2.53. The van der Waals surface area contributed by atoms with Crippen molar-refractivity contribution in [1.82, 2.24) is 0 Å². The summed E-state index contributed by atoms with van der Waals surface area (Å²) >= 11 is 0. The SMILES string of the molecule is COc1cc(C#N)cc(C2(C(=O)O)CC2)c1O. The number of phenolic OH excluding ortho intramolecular Hbond substituents is 1. The van der Waals surface area contributed by atoms with Gasteiger partial charge in [0.05, 0.1) is 24.2 Å². The standard InChI is InChI=1S/C12H11NO4/c1-17-9-5-7(6-13)4-8(10(9)14)12(2-3-12)11(15)16/h4-5,14H,2-3H2,1H3,(H,15,16). The number of aromatic hydroxyl groups is 1. The minimum atomic E-state index is -1.05. The Morgan fingerprint density at radius 3 is 2.59 bits per heavy atom. The molecular weight excluding hydrogens is 222 g/mol. The van der Waals surface area contributed by atoms with Crippen LogP contribution in [0.4, 0.5) is 0 Å². The second-order valence-corrected chi connectivity index (χ2v) is 4.07. The smallest absolute Gasteiger partial charge is 0.314 e. The van der Waals surface area contributed by atoms with Crippen LogP contribution in [0.25, 0.3) is 0 Å². The minimum absolute atomic E-state index is 0.131. The van der Waals surface area contributed by atoms with E-state index in [-0.39, 0.29) is 22.6 Å². The van der Waals surface area contributed by atoms with Gasteiger partial charge in [0.25, 0.3) is 0 Å². The van der Waals surface area contributed by atoms with E-state index in [4.69, 9.17) is 10.00 Å². The van der Waals surface area contributed by atoms with E-state index in [1.54, 1.807) is 0 Å². The first-order chi connectivity index (χ1) is 8.05. The van der Waals surface area contributed by atoms with E-state index < -0.39 is 11.4 Å². The summed E-state index contributed by atoms with van der Waals surface area (Å²) in [6.07, 6.45) is 0.932. The monoisotopic (exact) mass is 233 g/mol. The van der Waals surface area contributed by atoms with Gasteiger partial charge in [-0.1, -0.05) is 0 Å². The fraction of sp³-hybridized carbons (Fsp3) is 0.333. The topological polar surface area (TPSA) is 90.5 Å². The molecule has 1 aliphatic rings. The van der Waals surface area contributed by atoms with Crippen molar-refractivity contribution in [2.45, 2.75) is 18.3 Å². The highest BCUT2D eigenvalue weighted by molar-refractivity contribution is 5.86. The Morgan fingerprint density at radius 2 is 2.18 bits per heavy atom. The molecule has 0 bridgehead atoms. The van der Waals surface area contributed by atoms with E-state index in [1.165, 1.54) is 19.2 Å². The first-order valence-corrected chi connectivity index (χ1v) is 5.10. The van der Waals surface area contributed by atoms with Crippen LogP contribution in [0.3, 0.4) is 0 Å². The van der Waals surface area contributed by atoms with Crippen molar-refractivity contribution in [2.75, 3.05) is 7.11 Å². The molecule has 1 aromatic carbocycles. The third kappa shape index (κ3) is 1.58. The second kappa shape index (κ2) is 3.67. The molecule has 1 saturated carbocycles. The van der Waals surface area contributed by atoms with Crippen molar-refractivity contribution in [1.29, 1.82) is 5.26 Å². The third-order valence-electron chi connectivity index (χ3n) is 3.10. The van der Waals surface area contributed by atoms with Crippen molar-refractivity contribution in [3.8, 4) is 17.6 Å². The normalized spacial score (nSPS) is 16.0. The van der Waals surface area contributed by atoms with Crippen molar-refractivity contribution < 1.29 is 19.7 Å². The van der Waals surface area contributed by atoms with Crippen LogP contribution in [0.5, 0.6) is 11.5 Å². The third-order valence-corrected chi connectivity index (χ3v) is 3.10. The maximum Gasteiger partial charge on any atom is 0.314 e. The lowest BCUT2D eigenvalue weighted by atomic mass is 9.93. The van der Waals surface area contributed by atoms with Crippen molar-refractivity contribution in [3.63, 3.8) is 0 Å². The van der Waals surface area contributed by atoms with Crippen LogP contribution in [0.1, 0.15) is 24.0 Å². The van der Waals surface area contributed by atoms with Gasteiger partial charge in [-0.05, 0) is 18.9 Å². The fourth-order valence-electron chi connectivity index (χ4n) is 1.92. The number of carboxylic acids is 1. The van der Waals surface area contributed by atoms with E-state index in [9.17, 15) is 15.0 Å². The Morgan fingerprint density at radius 1 is 1.53 bits per heavy atom. The molecule has 0 aliphatic heterocycles. The van der Waals surface area contributed by atoms with Crippen molar-refractivity contribution >= 4 is 5.97 Å². The zero-order valence-corrected chi connectivity index (χ0v) is 9.23. The van der Waals surface area contributed by atoms with Crippen LogP contribution >= 0.6 is 0 Å². The minimum Gasteiger partial charge on any atom is -0.504 e. The van der Waals surface area contributed by atoms with E-state index >= 15 is 0 Å². The lowest BCUT2D eigenvalue weighted by molar-refractivity contribution is -0.140. The van der Waals surface area contributed by atoms with E-state index in [2.05, 4.69) is 0 Å². The Labute approximate surface area is 97.9 Å². The molecule has 0 atom stereocenters. The molecule has 0 spiro atoms. The zero-order valence-electron chi connectivity index (χ0n) is 9.23. The van der Waals surface area contributed by atoms with Crippen LogP contribution < -0.4 is 4.74 Å². The largest absolute Gasteiger partial charge is 0.504 e. The quantitative estimate of drug-likeness (QED) is 0.823. The molecule has 0 aromatic heterocycles. The molecule has 0 radical (unpaired) electrons. The number of ether oxygens (including phenoxy) is 1. The lowest BCUT2D eigenvalue weighted by Gasteiger charge is -2.15. The van der Waals surface area contributed by atoms with E-state index in [1.807, 2.05) is 6.07 Å². The molecule has 5 heteroatoms. The Kier molecular flexibility index (Phi) is 2.43. The molecule has 17 heavy (non-hydrogen) atoms. The molecule has 5 nitrogen and oxygen atoms in total. The number of aliphatic carboxylic acids is 1. The Balaban J connectivity index is 2.62. The molecular formula is C12H11NO4. The van der Waals surface area contributed by atoms with Gasteiger partial charge in [0.2, 0.25) is 0 Å². The number of rotatable bonds is 3. The van der Waals surface area contributed by atoms with Crippen LogP contribution in [0.15, 0.2) is 12.1 Å². The predicted octanol–water partition coefficient (Wildman–Crippen LogP) is 1.39. The number of methoxy groups -OCH3 is 1. The number of hydrogen-bond donors (Lipinski definition) is 2. The van der Waals surface area contributed by atoms with Gasteiger partial charge in [-0.3, -0.25) is 4.79 Å². The van der Waals surface area contributed by atoms with Gasteiger partial charge in [-0.2, -0.15) is 5.26 Å². The summed E-state index contributed by atoms with van der Waals surface area (Å²) in [5, 5.41) is 28.0. The summed E-state index contributed by atoms with van der Waals surface area (Å²) < 4.78 is 4.94. The molecule has 0 heterocycles. The summed E-state index contributed by atoms with van der Waals surface area (Å²) in [6.45, 7) is 0. The summed E-state index contributed by atoms with van der Waals surface area (Å²) in [4.78, 5) is 11.2. The van der Waals surface area contributed by atoms with E-state index in [0.29, 0.717) is 12.8 Å². The fourth-order valence-corrected chi connectivity index (χ4v) is 1.92. The average Bonchev–Trinajstić information content (AvgIpc) is 3.10. The van der Waals surface area contributed by atoms with Gasteiger partial charge in [0, 0.05) is 11.6 Å². The van der Waals surface area contributed by atoms with Gasteiger partial charge in [0.15, 0.2) is 11.5 Å². The number of nitriles is 1. The van der Waals surface area contributed by atoms with Crippen LogP contribution in [0.2, 0.25) is 0 Å². The molecule has 1 fully saturated rings. The predicted molar refractivity (Wildman–Crippen MR) is 57.9 cm³/mol. The van der Waals surface area contributed by atoms with Crippen molar-refractivity contribution in [3.05, 3.63) is 23.3 Å². The lowest BCUT2D eigenvalue weighted by Crippen LogP contribution is -2.20. The molecule has 0 unspecified atom stereocenters. The van der Waals surface area contributed by atoms with Crippen LogP contribution in [-0.2, 0) is 10.2 Å². The Hall–Kier alpha value is -2.22. The molecule has 0 saturated heterocycles. The second-order valence-electron chi connectivity index (χ2n) is 4.07. The highest BCUT2D eigenvalue weighted by Gasteiger charge is 2.53. The molecule has 2 N–H and O–H groups in total. The first-order valence-electron chi connectivity index (χ1n) is 5.10. The number of nitrogens with zero attached hydrogens (tertiary/aromatic N) is 1. The number of carbonyl (C=O) groups is 1. The highest BCUT2D eigenvalue weighted by atomic mass is 16.5. The number of phenols is 1. The van der Waals surface area contributed by atoms with Gasteiger partial charge in [0.1, 0.15) is 0 Å². The van der Waals surface area contributed by atoms with Gasteiger partial charge in [-0.25, -0.2) is 0 Å². The molecule has 0 amide bonds. The number of carboxylic acid groups (broad SMARTS) is 1. The molecule has 88 valence electrons. The summed E-state index contributed by atoms with van der Waals surface area (Å²) in [5.41, 5.74) is -0.507. The summed E-state index contributed by atoms with van der Waals surface area (Å²) in [6, 6.07) is 4.73. The molecule has 1 aliphatic carbocycles.